The highest BCUT2D eigenvalue weighted by molar-refractivity contribution is 7.99. The molecule has 4 nitrogen and oxygen atoms in total. The Kier molecular flexibility index (Phi) is 3.52. The minimum Gasteiger partial charge on any atom is -0.369 e. The van der Waals surface area contributed by atoms with Gasteiger partial charge in [0.15, 0.2) is 5.95 Å². The summed E-state index contributed by atoms with van der Waals surface area (Å²) in [6, 6.07) is 4.51. The zero-order valence-corrected chi connectivity index (χ0v) is 10.2. The van der Waals surface area contributed by atoms with Gasteiger partial charge in [-0.15, -0.1) is 0 Å². The van der Waals surface area contributed by atoms with Crippen molar-refractivity contribution in [3.8, 4) is 0 Å². The molecule has 100 valence electrons. The first-order chi connectivity index (χ1) is 8.86. The van der Waals surface area contributed by atoms with Gasteiger partial charge >= 0.3 is 6.18 Å². The van der Waals surface area contributed by atoms with E-state index in [2.05, 4.69) is 9.97 Å². The molecular weight excluding hydrogens is 279 g/mol. The first-order valence-corrected chi connectivity index (χ1v) is 5.88. The fourth-order valence-electron chi connectivity index (χ4n) is 1.31. The van der Waals surface area contributed by atoms with Gasteiger partial charge in [-0.1, -0.05) is 11.8 Å². The van der Waals surface area contributed by atoms with Crippen LogP contribution in [0.15, 0.2) is 45.0 Å². The number of H-pyrrole nitrogens is 1. The molecule has 0 radical (unpaired) electrons. The number of hydrogen-bond acceptors (Lipinski definition) is 4. The first kappa shape index (κ1) is 13.5. The Bertz CT molecular complexity index is 637. The van der Waals surface area contributed by atoms with Gasteiger partial charge in [0, 0.05) is 4.90 Å². The van der Waals surface area contributed by atoms with E-state index in [-0.39, 0.29) is 10.8 Å². The molecule has 0 unspecified atom stereocenters. The summed E-state index contributed by atoms with van der Waals surface area (Å²) in [5.41, 5.74) is 4.12. The number of halogens is 3. The van der Waals surface area contributed by atoms with Crippen molar-refractivity contribution in [2.45, 2.75) is 16.0 Å². The maximum Gasteiger partial charge on any atom is 0.416 e. The topological polar surface area (TPSA) is 71.8 Å². The van der Waals surface area contributed by atoms with Crippen LogP contribution in [0.5, 0.6) is 0 Å². The van der Waals surface area contributed by atoms with Gasteiger partial charge in [0.2, 0.25) is 0 Å². The zero-order chi connectivity index (χ0) is 14.0. The minimum absolute atomic E-state index is 0.0123. The molecule has 8 heteroatoms. The van der Waals surface area contributed by atoms with E-state index in [9.17, 15) is 18.0 Å². The number of nitrogen functional groups attached to an aromatic ring is 1. The number of nitrogens with two attached hydrogens (primary N) is 1. The molecule has 0 bridgehead atoms. The van der Waals surface area contributed by atoms with Crippen molar-refractivity contribution < 1.29 is 13.2 Å². The molecule has 0 atom stereocenters. The van der Waals surface area contributed by atoms with Crippen LogP contribution in [-0.4, -0.2) is 9.97 Å². The smallest absolute Gasteiger partial charge is 0.369 e. The Labute approximate surface area is 109 Å². The lowest BCUT2D eigenvalue weighted by atomic mass is 10.2. The number of alkyl halides is 3. The van der Waals surface area contributed by atoms with Gasteiger partial charge in [0.05, 0.1) is 16.7 Å². The van der Waals surface area contributed by atoms with Crippen molar-refractivity contribution in [1.29, 1.82) is 0 Å². The molecule has 0 saturated carbocycles. The van der Waals surface area contributed by atoms with E-state index in [0.717, 1.165) is 23.9 Å². The quantitative estimate of drug-likeness (QED) is 0.890. The summed E-state index contributed by atoms with van der Waals surface area (Å²) >= 11 is 1.01. The molecular formula is C11H8F3N3OS. The maximum atomic E-state index is 12.4. The van der Waals surface area contributed by atoms with Crippen molar-refractivity contribution in [3.05, 3.63) is 46.4 Å². The molecule has 1 aromatic heterocycles. The second kappa shape index (κ2) is 4.96. The summed E-state index contributed by atoms with van der Waals surface area (Å²) in [5.74, 6) is -0.0123. The van der Waals surface area contributed by atoms with E-state index in [1.54, 1.807) is 0 Å². The zero-order valence-electron chi connectivity index (χ0n) is 9.36. The highest BCUT2D eigenvalue weighted by Gasteiger charge is 2.29. The third kappa shape index (κ3) is 3.28. The third-order valence-corrected chi connectivity index (χ3v) is 3.21. The summed E-state index contributed by atoms with van der Waals surface area (Å²) in [7, 11) is 0. The van der Waals surface area contributed by atoms with Crippen molar-refractivity contribution >= 4 is 17.7 Å². The van der Waals surface area contributed by atoms with Gasteiger partial charge in [-0.2, -0.15) is 13.2 Å². The van der Waals surface area contributed by atoms with Crippen LogP contribution in [0, 0.1) is 0 Å². The van der Waals surface area contributed by atoms with Crippen molar-refractivity contribution in [2.75, 3.05) is 5.73 Å². The average Bonchev–Trinajstić information content (AvgIpc) is 2.32. The Balaban J connectivity index is 2.22. The van der Waals surface area contributed by atoms with E-state index in [0.29, 0.717) is 4.90 Å². The highest BCUT2D eigenvalue weighted by Crippen LogP contribution is 2.31. The van der Waals surface area contributed by atoms with Crippen LogP contribution in [-0.2, 0) is 6.18 Å². The fraction of sp³-hybridized carbons (Fsp3) is 0.0909. The molecule has 0 aliphatic heterocycles. The standard InChI is InChI=1S/C11H8F3N3OS/c12-11(13,14)6-1-3-7(4-2-6)19-8-5-16-10(15)17-9(8)18/h1-5H,(H3,15,16,17,18). The number of aromatic nitrogens is 2. The Hall–Kier alpha value is -1.96. The van der Waals surface area contributed by atoms with E-state index < -0.39 is 17.3 Å². The molecule has 19 heavy (non-hydrogen) atoms. The van der Waals surface area contributed by atoms with E-state index in [1.165, 1.54) is 18.3 Å². The summed E-state index contributed by atoms with van der Waals surface area (Å²) < 4.78 is 37.1. The number of nitrogens with one attached hydrogen (secondary N) is 1. The second-order valence-corrected chi connectivity index (χ2v) is 4.70. The number of anilines is 1. The molecule has 1 aromatic carbocycles. The molecule has 0 spiro atoms. The average molecular weight is 287 g/mol. The van der Waals surface area contributed by atoms with Crippen LogP contribution < -0.4 is 11.3 Å². The Morgan fingerprint density at radius 2 is 1.84 bits per heavy atom. The van der Waals surface area contributed by atoms with Gasteiger partial charge in [-0.25, -0.2) is 4.98 Å². The molecule has 1 heterocycles. The lowest BCUT2D eigenvalue weighted by Crippen LogP contribution is -2.12. The molecule has 2 rings (SSSR count). The van der Waals surface area contributed by atoms with Crippen LogP contribution in [0.4, 0.5) is 19.1 Å². The predicted octanol–water partition coefficient (Wildman–Crippen LogP) is 2.52. The largest absolute Gasteiger partial charge is 0.416 e. The molecule has 0 fully saturated rings. The van der Waals surface area contributed by atoms with Crippen LogP contribution in [0.2, 0.25) is 0 Å². The number of hydrogen-bond donors (Lipinski definition) is 2. The maximum absolute atomic E-state index is 12.4. The summed E-state index contributed by atoms with van der Waals surface area (Å²) in [6.07, 6.45) is -3.10. The lowest BCUT2D eigenvalue weighted by molar-refractivity contribution is -0.137. The normalized spacial score (nSPS) is 11.5. The third-order valence-electron chi connectivity index (χ3n) is 2.20. The monoisotopic (exact) mass is 287 g/mol. The van der Waals surface area contributed by atoms with Gasteiger partial charge in [0.1, 0.15) is 0 Å². The van der Waals surface area contributed by atoms with Crippen LogP contribution in [0.1, 0.15) is 5.56 Å². The highest BCUT2D eigenvalue weighted by atomic mass is 32.2. The molecule has 0 saturated heterocycles. The van der Waals surface area contributed by atoms with Crippen LogP contribution >= 0.6 is 11.8 Å². The molecule has 2 aromatic rings. The number of aromatic amines is 1. The summed E-state index contributed by atoms with van der Waals surface area (Å²) in [6.45, 7) is 0. The summed E-state index contributed by atoms with van der Waals surface area (Å²) in [5, 5.41) is 0. The Morgan fingerprint density at radius 3 is 2.37 bits per heavy atom. The van der Waals surface area contributed by atoms with Crippen LogP contribution in [0.25, 0.3) is 0 Å². The van der Waals surface area contributed by atoms with E-state index >= 15 is 0 Å². The first-order valence-electron chi connectivity index (χ1n) is 5.06. The number of benzene rings is 1. The molecule has 0 aliphatic rings. The van der Waals surface area contributed by atoms with Gasteiger partial charge in [-0.3, -0.25) is 9.78 Å². The second-order valence-electron chi connectivity index (χ2n) is 3.59. The Morgan fingerprint density at radius 1 is 1.21 bits per heavy atom. The van der Waals surface area contributed by atoms with Crippen LogP contribution in [0.3, 0.4) is 0 Å². The van der Waals surface area contributed by atoms with Crippen molar-refractivity contribution in [1.82, 2.24) is 9.97 Å². The molecule has 0 aliphatic carbocycles. The van der Waals surface area contributed by atoms with Gasteiger partial charge in [0.25, 0.3) is 5.56 Å². The predicted molar refractivity (Wildman–Crippen MR) is 64.8 cm³/mol. The van der Waals surface area contributed by atoms with Crippen molar-refractivity contribution in [2.24, 2.45) is 0 Å². The summed E-state index contributed by atoms with van der Waals surface area (Å²) in [4.78, 5) is 18.3. The van der Waals surface area contributed by atoms with Crippen molar-refractivity contribution in [3.63, 3.8) is 0 Å². The fourth-order valence-corrected chi connectivity index (χ4v) is 2.08. The van der Waals surface area contributed by atoms with Gasteiger partial charge in [-0.05, 0) is 24.3 Å². The minimum atomic E-state index is -4.37. The number of rotatable bonds is 2. The number of nitrogens with zero attached hydrogens (tertiary/aromatic N) is 1. The lowest BCUT2D eigenvalue weighted by Gasteiger charge is -2.07. The molecule has 0 amide bonds. The van der Waals surface area contributed by atoms with E-state index in [4.69, 9.17) is 5.73 Å². The molecule has 3 N–H and O–H groups in total. The SMILES string of the molecule is Nc1ncc(Sc2ccc(C(F)(F)F)cc2)c(=O)[nH]1. The van der Waals surface area contributed by atoms with E-state index in [1.807, 2.05) is 0 Å². The van der Waals surface area contributed by atoms with Gasteiger partial charge < -0.3 is 5.73 Å².